The van der Waals surface area contributed by atoms with E-state index in [4.69, 9.17) is 4.84 Å². The van der Waals surface area contributed by atoms with E-state index < -0.39 is 0 Å². The summed E-state index contributed by atoms with van der Waals surface area (Å²) >= 11 is 1.84. The summed E-state index contributed by atoms with van der Waals surface area (Å²) in [5, 5.41) is 3.19. The second-order valence-electron chi connectivity index (χ2n) is 3.98. The quantitative estimate of drug-likeness (QED) is 0.288. The van der Waals surface area contributed by atoms with Gasteiger partial charge in [0.05, 0.1) is 18.6 Å². The van der Waals surface area contributed by atoms with Crippen molar-refractivity contribution in [3.63, 3.8) is 0 Å². The number of rotatable bonds is 8. The average molecular weight is 358 g/mol. The monoisotopic (exact) mass is 357 g/mol. The molecule has 3 N–H and O–H groups in total. The Bertz CT molecular complexity index is 389. The minimum absolute atomic E-state index is 0. The molecule has 21 heavy (non-hydrogen) atoms. The van der Waals surface area contributed by atoms with Crippen LogP contribution in [0.3, 0.4) is 0 Å². The second-order valence-corrected chi connectivity index (χ2v) is 5.08. The molecule has 6 nitrogen and oxygen atoms in total. The highest BCUT2D eigenvalue weighted by Gasteiger charge is 2.01. The van der Waals surface area contributed by atoms with E-state index in [9.17, 15) is 0 Å². The van der Waals surface area contributed by atoms with Gasteiger partial charge in [-0.1, -0.05) is 6.92 Å². The first kappa shape index (κ1) is 22.6. The fourth-order valence-corrected chi connectivity index (χ4v) is 2.20. The molecular weight excluding hydrogens is 333 g/mol. The molecule has 0 aliphatic rings. The van der Waals surface area contributed by atoms with Crippen LogP contribution in [-0.4, -0.2) is 41.9 Å². The summed E-state index contributed by atoms with van der Waals surface area (Å²) in [5.74, 6) is 2.58. The van der Waals surface area contributed by atoms with E-state index in [0.717, 1.165) is 35.9 Å². The molecule has 0 saturated carbocycles. The van der Waals surface area contributed by atoms with Crippen molar-refractivity contribution in [3.05, 3.63) is 17.7 Å². The van der Waals surface area contributed by atoms with Gasteiger partial charge >= 0.3 is 0 Å². The Kier molecular flexibility index (Phi) is 15.4. The summed E-state index contributed by atoms with van der Waals surface area (Å²) in [5.41, 5.74) is 5.06. The average Bonchev–Trinajstić information content (AvgIpc) is 2.82. The molecule has 124 valence electrons. The van der Waals surface area contributed by atoms with E-state index in [1.54, 1.807) is 13.4 Å². The molecule has 0 aromatic carbocycles. The molecule has 1 aromatic heterocycles. The number of thioether (sulfide) groups is 1. The fourth-order valence-electron chi connectivity index (χ4n) is 1.33. The van der Waals surface area contributed by atoms with Crippen LogP contribution in [0.25, 0.3) is 0 Å². The van der Waals surface area contributed by atoms with Crippen LogP contribution in [0.1, 0.15) is 24.7 Å². The fraction of sp³-hybridized carbons (Fsp3) is 0.667. The Morgan fingerprint density at radius 1 is 1.48 bits per heavy atom. The number of hydroxylamine groups is 1. The third kappa shape index (κ3) is 9.84. The molecule has 0 bridgehead atoms. The number of hydrogen-bond acceptors (Lipinski definition) is 4. The number of H-pyrrole nitrogens is 1. The SMILES string of the molecule is CCCONC(=NC)NCCSCc1nc[nH]c1C.Cl.Cl. The highest BCUT2D eigenvalue weighted by atomic mass is 35.5. The van der Waals surface area contributed by atoms with Gasteiger partial charge in [-0.05, 0) is 13.3 Å². The molecule has 0 fully saturated rings. The zero-order valence-electron chi connectivity index (χ0n) is 12.6. The van der Waals surface area contributed by atoms with E-state index in [0.29, 0.717) is 12.6 Å². The normalized spacial score (nSPS) is 10.5. The van der Waals surface area contributed by atoms with Crippen LogP contribution in [0.2, 0.25) is 0 Å². The lowest BCUT2D eigenvalue weighted by atomic mass is 10.4. The summed E-state index contributed by atoms with van der Waals surface area (Å²) in [7, 11) is 1.73. The number of aromatic amines is 1. The highest BCUT2D eigenvalue weighted by molar-refractivity contribution is 7.98. The van der Waals surface area contributed by atoms with E-state index in [-0.39, 0.29) is 24.8 Å². The first-order valence-corrected chi connectivity index (χ1v) is 7.58. The van der Waals surface area contributed by atoms with Gasteiger partial charge in [-0.2, -0.15) is 11.8 Å². The van der Waals surface area contributed by atoms with Crippen molar-refractivity contribution < 1.29 is 4.84 Å². The number of aliphatic imine (C=N–C) groups is 1. The maximum absolute atomic E-state index is 5.20. The van der Waals surface area contributed by atoms with Crippen LogP contribution in [-0.2, 0) is 10.6 Å². The largest absolute Gasteiger partial charge is 0.354 e. The van der Waals surface area contributed by atoms with E-state index in [2.05, 4.69) is 32.7 Å². The summed E-state index contributed by atoms with van der Waals surface area (Å²) in [4.78, 5) is 16.6. The molecule has 9 heteroatoms. The Labute approximate surface area is 143 Å². The van der Waals surface area contributed by atoms with E-state index in [1.165, 1.54) is 0 Å². The molecule has 0 radical (unpaired) electrons. The zero-order chi connectivity index (χ0) is 13.9. The van der Waals surface area contributed by atoms with Crippen LogP contribution >= 0.6 is 36.6 Å². The van der Waals surface area contributed by atoms with E-state index in [1.807, 2.05) is 18.7 Å². The Balaban J connectivity index is 0. The first-order chi connectivity index (χ1) is 9.27. The molecule has 0 aliphatic carbocycles. The topological polar surface area (TPSA) is 74.3 Å². The van der Waals surface area contributed by atoms with Gasteiger partial charge in [0.2, 0.25) is 5.96 Å². The molecule has 1 aromatic rings. The number of nitrogens with zero attached hydrogens (tertiary/aromatic N) is 2. The summed E-state index contributed by atoms with van der Waals surface area (Å²) in [6, 6.07) is 0. The molecular formula is C12H25Cl2N5OS. The van der Waals surface area contributed by atoms with Crippen molar-refractivity contribution in [2.45, 2.75) is 26.0 Å². The van der Waals surface area contributed by atoms with Crippen LogP contribution in [0.5, 0.6) is 0 Å². The van der Waals surface area contributed by atoms with Crippen molar-refractivity contribution in [2.24, 2.45) is 4.99 Å². The van der Waals surface area contributed by atoms with Crippen LogP contribution in [0.15, 0.2) is 11.3 Å². The summed E-state index contributed by atoms with van der Waals surface area (Å²) < 4.78 is 0. The number of halogens is 2. The molecule has 0 aliphatic heterocycles. The number of guanidine groups is 1. The number of imidazole rings is 1. The lowest BCUT2D eigenvalue weighted by Gasteiger charge is -2.10. The van der Waals surface area contributed by atoms with Crippen LogP contribution < -0.4 is 10.8 Å². The Morgan fingerprint density at radius 2 is 2.24 bits per heavy atom. The number of nitrogens with one attached hydrogen (secondary N) is 3. The molecule has 1 rings (SSSR count). The number of aryl methyl sites for hydroxylation is 1. The Morgan fingerprint density at radius 3 is 2.81 bits per heavy atom. The standard InChI is InChI=1S/C12H23N5OS.2ClH/c1-4-6-18-17-12(13-3)14-5-7-19-8-11-10(2)15-9-16-11;;/h9H,4-8H2,1-3H3,(H,15,16)(H2,13,14,17);2*1H. The predicted octanol–water partition coefficient (Wildman–Crippen LogP) is 2.30. The van der Waals surface area contributed by atoms with Gasteiger partial charge in [-0.25, -0.2) is 10.5 Å². The summed E-state index contributed by atoms with van der Waals surface area (Å²) in [6.07, 6.45) is 2.71. The van der Waals surface area contributed by atoms with Crippen LogP contribution in [0, 0.1) is 6.92 Å². The molecule has 0 atom stereocenters. The van der Waals surface area contributed by atoms with Crippen molar-refractivity contribution in [3.8, 4) is 0 Å². The van der Waals surface area contributed by atoms with Gasteiger partial charge in [0.25, 0.3) is 0 Å². The first-order valence-electron chi connectivity index (χ1n) is 6.43. The number of hydrogen-bond donors (Lipinski definition) is 3. The maximum atomic E-state index is 5.20. The molecule has 0 spiro atoms. The molecule has 1 heterocycles. The maximum Gasteiger partial charge on any atom is 0.215 e. The van der Waals surface area contributed by atoms with Crippen molar-refractivity contribution >= 4 is 42.5 Å². The van der Waals surface area contributed by atoms with Crippen LogP contribution in [0.4, 0.5) is 0 Å². The molecule has 0 amide bonds. The minimum Gasteiger partial charge on any atom is -0.354 e. The van der Waals surface area contributed by atoms with Crippen molar-refractivity contribution in [2.75, 3.05) is 26.0 Å². The lowest BCUT2D eigenvalue weighted by molar-refractivity contribution is 0.0831. The third-order valence-corrected chi connectivity index (χ3v) is 3.38. The lowest BCUT2D eigenvalue weighted by Crippen LogP contribution is -2.38. The van der Waals surface area contributed by atoms with E-state index >= 15 is 0 Å². The smallest absolute Gasteiger partial charge is 0.215 e. The zero-order valence-corrected chi connectivity index (χ0v) is 15.1. The Hall–Kier alpha value is -0.630. The van der Waals surface area contributed by atoms with Crippen molar-refractivity contribution in [1.82, 2.24) is 20.8 Å². The molecule has 0 saturated heterocycles. The second kappa shape index (κ2) is 14.3. The van der Waals surface area contributed by atoms with Gasteiger partial charge in [0.1, 0.15) is 0 Å². The minimum atomic E-state index is 0. The van der Waals surface area contributed by atoms with Gasteiger partial charge in [-0.15, -0.1) is 24.8 Å². The predicted molar refractivity (Wildman–Crippen MR) is 94.7 cm³/mol. The van der Waals surface area contributed by atoms with Gasteiger partial charge < -0.3 is 10.3 Å². The van der Waals surface area contributed by atoms with Gasteiger partial charge in [-0.3, -0.25) is 9.83 Å². The van der Waals surface area contributed by atoms with Gasteiger partial charge in [0, 0.05) is 30.8 Å². The van der Waals surface area contributed by atoms with Crippen molar-refractivity contribution in [1.29, 1.82) is 0 Å². The molecule has 0 unspecified atom stereocenters. The van der Waals surface area contributed by atoms with Gasteiger partial charge in [0.15, 0.2) is 0 Å². The number of aromatic nitrogens is 2. The highest BCUT2D eigenvalue weighted by Crippen LogP contribution is 2.11. The third-order valence-electron chi connectivity index (χ3n) is 2.41. The summed E-state index contributed by atoms with van der Waals surface area (Å²) in [6.45, 7) is 5.61.